The summed E-state index contributed by atoms with van der Waals surface area (Å²) in [4.78, 5) is 20.5. The molecule has 0 aliphatic carbocycles. The van der Waals surface area contributed by atoms with Crippen molar-refractivity contribution in [3.63, 3.8) is 0 Å². The van der Waals surface area contributed by atoms with Gasteiger partial charge in [0.15, 0.2) is 11.6 Å². The third kappa shape index (κ3) is 3.72. The van der Waals surface area contributed by atoms with E-state index in [1.165, 1.54) is 6.33 Å². The molecule has 0 spiro atoms. The first-order valence-electron chi connectivity index (χ1n) is 8.30. The Hall–Kier alpha value is -2.71. The number of nitrogens with zero attached hydrogens (tertiary/aromatic N) is 7. The third-order valence-corrected chi connectivity index (χ3v) is 4.90. The van der Waals surface area contributed by atoms with E-state index in [1.54, 1.807) is 34.1 Å². The summed E-state index contributed by atoms with van der Waals surface area (Å²) < 4.78 is 1.54. The van der Waals surface area contributed by atoms with Crippen LogP contribution in [0.2, 0.25) is 10.0 Å². The fourth-order valence-corrected chi connectivity index (χ4v) is 3.28. The lowest BCUT2D eigenvalue weighted by molar-refractivity contribution is 0.0746. The molecule has 0 unspecified atom stereocenters. The van der Waals surface area contributed by atoms with Crippen molar-refractivity contribution in [2.45, 2.75) is 0 Å². The highest BCUT2D eigenvalue weighted by Crippen LogP contribution is 2.23. The fraction of sp³-hybridized carbons (Fsp3) is 0.235. The lowest BCUT2D eigenvalue weighted by Crippen LogP contribution is -2.49. The molecule has 1 aliphatic heterocycles. The molecular formula is C17H15Cl2N7O. The summed E-state index contributed by atoms with van der Waals surface area (Å²) in [5, 5.41) is 13.4. The van der Waals surface area contributed by atoms with Crippen molar-refractivity contribution in [3.8, 4) is 5.82 Å². The maximum absolute atomic E-state index is 12.7. The molecule has 0 saturated carbocycles. The number of hydrogen-bond acceptors (Lipinski definition) is 6. The summed E-state index contributed by atoms with van der Waals surface area (Å²) in [5.41, 5.74) is 0.426. The molecule has 0 radical (unpaired) electrons. The van der Waals surface area contributed by atoms with Crippen LogP contribution in [0.5, 0.6) is 0 Å². The predicted molar refractivity (Wildman–Crippen MR) is 102 cm³/mol. The minimum Gasteiger partial charge on any atom is -0.352 e. The van der Waals surface area contributed by atoms with Gasteiger partial charge in [-0.1, -0.05) is 23.2 Å². The van der Waals surface area contributed by atoms with Crippen molar-refractivity contribution < 1.29 is 4.79 Å². The maximum Gasteiger partial charge on any atom is 0.255 e. The lowest BCUT2D eigenvalue weighted by atomic mass is 10.1. The number of carbonyl (C=O) groups is 1. The minimum atomic E-state index is -0.116. The molecule has 3 heterocycles. The van der Waals surface area contributed by atoms with E-state index in [4.69, 9.17) is 23.2 Å². The van der Waals surface area contributed by atoms with Crippen molar-refractivity contribution in [1.29, 1.82) is 0 Å². The number of benzene rings is 1. The van der Waals surface area contributed by atoms with Gasteiger partial charge in [-0.2, -0.15) is 5.10 Å². The van der Waals surface area contributed by atoms with Gasteiger partial charge in [0.1, 0.15) is 12.7 Å². The zero-order valence-electron chi connectivity index (χ0n) is 14.2. The highest BCUT2D eigenvalue weighted by molar-refractivity contribution is 6.35. The number of carbonyl (C=O) groups excluding carboxylic acids is 1. The standard InChI is InChI=1S/C17H15Cl2N7O/c18-12-1-2-14(19)13(9-12)17(27)25-7-5-24(6-8-25)15-3-4-16(23-22-15)26-11-20-10-21-26/h1-4,9-11H,5-8H2. The number of piperazine rings is 1. The Balaban J connectivity index is 1.41. The second-order valence-electron chi connectivity index (χ2n) is 5.99. The van der Waals surface area contributed by atoms with E-state index in [0.29, 0.717) is 47.6 Å². The van der Waals surface area contributed by atoms with E-state index in [-0.39, 0.29) is 5.91 Å². The average molecular weight is 404 g/mol. The number of amides is 1. The molecule has 138 valence electrons. The average Bonchev–Trinajstić information content (AvgIpc) is 3.24. The number of rotatable bonds is 3. The molecule has 3 aromatic rings. The van der Waals surface area contributed by atoms with Crippen molar-refractivity contribution in [2.75, 3.05) is 31.1 Å². The molecule has 0 N–H and O–H groups in total. The molecule has 1 saturated heterocycles. The molecule has 1 amide bonds. The molecule has 1 fully saturated rings. The van der Waals surface area contributed by atoms with E-state index in [9.17, 15) is 4.79 Å². The first-order chi connectivity index (χ1) is 13.1. The zero-order chi connectivity index (χ0) is 18.8. The summed E-state index contributed by atoms with van der Waals surface area (Å²) >= 11 is 12.1. The first kappa shape index (κ1) is 17.7. The molecule has 0 bridgehead atoms. The maximum atomic E-state index is 12.7. The smallest absolute Gasteiger partial charge is 0.255 e. The van der Waals surface area contributed by atoms with Crippen LogP contribution < -0.4 is 4.90 Å². The van der Waals surface area contributed by atoms with Crippen LogP contribution in [0.1, 0.15) is 10.4 Å². The van der Waals surface area contributed by atoms with Gasteiger partial charge in [-0.15, -0.1) is 10.2 Å². The van der Waals surface area contributed by atoms with E-state index < -0.39 is 0 Å². The summed E-state index contributed by atoms with van der Waals surface area (Å²) in [6.45, 7) is 2.44. The van der Waals surface area contributed by atoms with Gasteiger partial charge in [0.2, 0.25) is 0 Å². The van der Waals surface area contributed by atoms with Gasteiger partial charge in [0.05, 0.1) is 10.6 Å². The van der Waals surface area contributed by atoms with Gasteiger partial charge in [-0.3, -0.25) is 4.79 Å². The molecule has 27 heavy (non-hydrogen) atoms. The van der Waals surface area contributed by atoms with Gasteiger partial charge < -0.3 is 9.80 Å². The monoisotopic (exact) mass is 403 g/mol. The van der Waals surface area contributed by atoms with Gasteiger partial charge >= 0.3 is 0 Å². The predicted octanol–water partition coefficient (Wildman–Crippen LogP) is 2.33. The normalized spacial score (nSPS) is 14.4. The van der Waals surface area contributed by atoms with Crippen LogP contribution in [-0.4, -0.2) is 61.9 Å². The van der Waals surface area contributed by atoms with E-state index in [0.717, 1.165) is 5.82 Å². The highest BCUT2D eigenvalue weighted by Gasteiger charge is 2.24. The van der Waals surface area contributed by atoms with Gasteiger partial charge in [0.25, 0.3) is 5.91 Å². The highest BCUT2D eigenvalue weighted by atomic mass is 35.5. The molecule has 10 heteroatoms. The molecular weight excluding hydrogens is 389 g/mol. The van der Waals surface area contributed by atoms with Crippen LogP contribution >= 0.6 is 23.2 Å². The van der Waals surface area contributed by atoms with E-state index in [1.807, 2.05) is 12.1 Å². The molecule has 1 aromatic carbocycles. The van der Waals surface area contributed by atoms with E-state index >= 15 is 0 Å². The Kier molecular flexibility index (Phi) is 4.91. The Labute approximate surface area is 165 Å². The number of halogens is 2. The lowest BCUT2D eigenvalue weighted by Gasteiger charge is -2.35. The summed E-state index contributed by atoms with van der Waals surface area (Å²) in [6, 6.07) is 8.63. The quantitative estimate of drug-likeness (QED) is 0.667. The van der Waals surface area contributed by atoms with E-state index in [2.05, 4.69) is 25.2 Å². The SMILES string of the molecule is O=C(c1cc(Cl)ccc1Cl)N1CCN(c2ccc(-n3cncn3)nn2)CC1. The van der Waals surface area contributed by atoms with Crippen LogP contribution in [0.15, 0.2) is 43.0 Å². The molecule has 8 nitrogen and oxygen atoms in total. The fourth-order valence-electron chi connectivity index (χ4n) is 2.91. The Morgan fingerprint density at radius 3 is 2.37 bits per heavy atom. The van der Waals surface area contributed by atoms with Crippen molar-refractivity contribution in [3.05, 3.63) is 58.6 Å². The minimum absolute atomic E-state index is 0.116. The zero-order valence-corrected chi connectivity index (χ0v) is 15.7. The van der Waals surface area contributed by atoms with Crippen molar-refractivity contribution in [2.24, 2.45) is 0 Å². The van der Waals surface area contributed by atoms with Crippen LogP contribution in [-0.2, 0) is 0 Å². The number of anilines is 1. The molecule has 1 aliphatic rings. The summed E-state index contributed by atoms with van der Waals surface area (Å²) in [5.74, 6) is 1.24. The second kappa shape index (κ2) is 7.50. The van der Waals surface area contributed by atoms with Crippen LogP contribution in [0.25, 0.3) is 5.82 Å². The summed E-state index contributed by atoms with van der Waals surface area (Å²) in [7, 11) is 0. The first-order valence-corrected chi connectivity index (χ1v) is 9.05. The van der Waals surface area contributed by atoms with Crippen molar-refractivity contribution >= 4 is 34.9 Å². The van der Waals surface area contributed by atoms with Crippen LogP contribution in [0.3, 0.4) is 0 Å². The van der Waals surface area contributed by atoms with Gasteiger partial charge in [-0.05, 0) is 30.3 Å². The van der Waals surface area contributed by atoms with Crippen LogP contribution in [0, 0.1) is 0 Å². The molecule has 0 atom stereocenters. The topological polar surface area (TPSA) is 80.0 Å². The molecule has 4 rings (SSSR count). The summed E-state index contributed by atoms with van der Waals surface area (Å²) in [6.07, 6.45) is 3.01. The second-order valence-corrected chi connectivity index (χ2v) is 6.84. The Morgan fingerprint density at radius 1 is 0.963 bits per heavy atom. The third-order valence-electron chi connectivity index (χ3n) is 4.34. The van der Waals surface area contributed by atoms with Crippen LogP contribution in [0.4, 0.5) is 5.82 Å². The largest absolute Gasteiger partial charge is 0.352 e. The van der Waals surface area contributed by atoms with Gasteiger partial charge in [0, 0.05) is 31.2 Å². The molecule has 2 aromatic heterocycles. The Morgan fingerprint density at radius 2 is 1.70 bits per heavy atom. The Bertz CT molecular complexity index is 938. The number of hydrogen-bond donors (Lipinski definition) is 0. The number of aromatic nitrogens is 5. The van der Waals surface area contributed by atoms with Gasteiger partial charge in [-0.25, -0.2) is 9.67 Å². The van der Waals surface area contributed by atoms with Crippen molar-refractivity contribution in [1.82, 2.24) is 29.9 Å².